The molecule has 2 saturated heterocycles. The molecule has 8 nitrogen and oxygen atoms in total. The van der Waals surface area contributed by atoms with Crippen LogP contribution in [-0.4, -0.2) is 45.8 Å². The largest absolute Gasteiger partial charge is 0.573 e. The SMILES string of the molecule is O=C(O)c1ccc(-c2csc(N3[C@@H]4CC[C@H]3CC(OCc3c(-c5ccccc5OC(F)(F)F)noc3C3CC3)C4)n2)c(C(F)(F)F)c1. The Kier molecular flexibility index (Phi) is 7.94. The molecule has 2 aromatic heterocycles. The van der Waals surface area contributed by atoms with E-state index in [0.717, 1.165) is 37.8 Å². The number of halogens is 6. The van der Waals surface area contributed by atoms with E-state index in [1.54, 1.807) is 11.4 Å². The Morgan fingerprint density at radius 1 is 1.00 bits per heavy atom. The number of hydrogen-bond acceptors (Lipinski definition) is 8. The van der Waals surface area contributed by atoms with Crippen molar-refractivity contribution in [1.82, 2.24) is 10.1 Å². The van der Waals surface area contributed by atoms with Crippen molar-refractivity contribution >= 4 is 22.4 Å². The molecule has 0 spiro atoms. The van der Waals surface area contributed by atoms with Gasteiger partial charge in [0.25, 0.3) is 0 Å². The first-order chi connectivity index (χ1) is 22.4. The zero-order valence-corrected chi connectivity index (χ0v) is 25.3. The van der Waals surface area contributed by atoms with Crippen LogP contribution in [-0.2, 0) is 17.5 Å². The van der Waals surface area contributed by atoms with Gasteiger partial charge in [0, 0.05) is 40.1 Å². The molecule has 248 valence electrons. The molecule has 1 N–H and O–H groups in total. The van der Waals surface area contributed by atoms with Gasteiger partial charge in [-0.2, -0.15) is 13.2 Å². The van der Waals surface area contributed by atoms with Crippen LogP contribution in [0.25, 0.3) is 22.5 Å². The van der Waals surface area contributed by atoms with E-state index in [9.17, 15) is 36.2 Å². The van der Waals surface area contributed by atoms with Crippen LogP contribution in [0, 0.1) is 0 Å². The summed E-state index contributed by atoms with van der Waals surface area (Å²) in [4.78, 5) is 18.0. The number of para-hydroxylation sites is 1. The van der Waals surface area contributed by atoms with Gasteiger partial charge < -0.3 is 24.0 Å². The predicted octanol–water partition coefficient (Wildman–Crippen LogP) is 8.67. The van der Waals surface area contributed by atoms with Crippen molar-refractivity contribution in [3.8, 4) is 28.3 Å². The van der Waals surface area contributed by atoms with Gasteiger partial charge in [-0.1, -0.05) is 23.4 Å². The number of alkyl halides is 6. The quantitative estimate of drug-likeness (QED) is 0.176. The van der Waals surface area contributed by atoms with Gasteiger partial charge in [-0.25, -0.2) is 9.78 Å². The van der Waals surface area contributed by atoms with Gasteiger partial charge >= 0.3 is 18.5 Å². The third-order valence-corrected chi connectivity index (χ3v) is 9.70. The first-order valence-electron chi connectivity index (χ1n) is 15.0. The Labute approximate surface area is 267 Å². The molecule has 2 aliphatic heterocycles. The molecule has 0 radical (unpaired) electrons. The maximum absolute atomic E-state index is 13.9. The molecular formula is C32H27F6N3O5S. The van der Waals surface area contributed by atoms with Crippen LogP contribution in [0.4, 0.5) is 31.5 Å². The highest BCUT2D eigenvalue weighted by Crippen LogP contribution is 2.47. The Morgan fingerprint density at radius 2 is 1.72 bits per heavy atom. The number of rotatable bonds is 9. The number of carboxylic acid groups (broad SMARTS) is 1. The summed E-state index contributed by atoms with van der Waals surface area (Å²) in [5.74, 6) is -1.11. The van der Waals surface area contributed by atoms with E-state index in [1.807, 2.05) is 0 Å². The van der Waals surface area contributed by atoms with Crippen LogP contribution in [0.5, 0.6) is 5.75 Å². The lowest BCUT2D eigenvalue weighted by molar-refractivity contribution is -0.274. The van der Waals surface area contributed by atoms with Crippen LogP contribution in [0.3, 0.4) is 0 Å². The van der Waals surface area contributed by atoms with E-state index in [4.69, 9.17) is 9.26 Å². The number of piperidine rings is 1. The molecule has 3 atom stereocenters. The number of anilines is 1. The first kappa shape index (κ1) is 31.5. The van der Waals surface area contributed by atoms with Crippen molar-refractivity contribution in [1.29, 1.82) is 0 Å². The topological polar surface area (TPSA) is 97.9 Å². The van der Waals surface area contributed by atoms with Gasteiger partial charge in [-0.05, 0) is 62.8 Å². The van der Waals surface area contributed by atoms with Gasteiger partial charge in [0.15, 0.2) is 5.13 Å². The summed E-state index contributed by atoms with van der Waals surface area (Å²) in [7, 11) is 0. The minimum atomic E-state index is -4.88. The number of ether oxygens (including phenoxy) is 2. The summed E-state index contributed by atoms with van der Waals surface area (Å²) in [5.41, 5.74) is -0.590. The molecule has 3 aliphatic rings. The summed E-state index contributed by atoms with van der Waals surface area (Å²) < 4.78 is 97.3. The number of thiazole rings is 1. The van der Waals surface area contributed by atoms with Gasteiger partial charge in [0.1, 0.15) is 17.2 Å². The smallest absolute Gasteiger partial charge is 0.478 e. The third kappa shape index (κ3) is 6.42. The molecule has 47 heavy (non-hydrogen) atoms. The Hall–Kier alpha value is -4.11. The normalized spacial score (nSPS) is 21.3. The maximum atomic E-state index is 13.9. The minimum Gasteiger partial charge on any atom is -0.478 e. The molecule has 2 aromatic carbocycles. The zero-order valence-electron chi connectivity index (χ0n) is 24.5. The molecule has 4 heterocycles. The molecular weight excluding hydrogens is 652 g/mol. The molecule has 4 aromatic rings. The second kappa shape index (κ2) is 11.8. The minimum absolute atomic E-state index is 0.0278. The molecule has 1 saturated carbocycles. The predicted molar refractivity (Wildman–Crippen MR) is 157 cm³/mol. The third-order valence-electron chi connectivity index (χ3n) is 8.85. The van der Waals surface area contributed by atoms with Crippen LogP contribution in [0.15, 0.2) is 52.4 Å². The van der Waals surface area contributed by atoms with Crippen molar-refractivity contribution in [3.05, 3.63) is 70.3 Å². The number of benzene rings is 2. The number of aromatic nitrogens is 2. The van der Waals surface area contributed by atoms with Gasteiger partial charge in [-0.3, -0.25) is 0 Å². The number of nitrogens with zero attached hydrogens (tertiary/aromatic N) is 3. The number of fused-ring (bicyclic) bond motifs is 2. The van der Waals surface area contributed by atoms with E-state index >= 15 is 0 Å². The van der Waals surface area contributed by atoms with Crippen molar-refractivity contribution in [3.63, 3.8) is 0 Å². The molecule has 1 unspecified atom stereocenters. The standard InChI is InChI=1S/C32H27F6N3O5S/c33-31(34,35)24-11-17(29(42)43)7-10-21(24)25-15-47-30(39-25)41-18-8-9-19(41)13-20(12-18)44-14-23-27(40-46-28(23)16-5-6-16)22-3-1-2-4-26(22)45-32(36,37)38/h1-4,7,10-11,15-16,18-20H,5-6,8-9,12-14H2,(H,42,43)/t18-,19+,20?. The molecule has 3 fully saturated rings. The molecule has 0 amide bonds. The number of carbonyl (C=O) groups is 1. The second-order valence-corrected chi connectivity index (χ2v) is 12.8. The van der Waals surface area contributed by atoms with Crippen LogP contribution < -0.4 is 9.64 Å². The van der Waals surface area contributed by atoms with Crippen molar-refractivity contribution in [2.24, 2.45) is 0 Å². The van der Waals surface area contributed by atoms with Crippen molar-refractivity contribution < 1.29 is 50.2 Å². The van der Waals surface area contributed by atoms with Crippen LogP contribution in [0.1, 0.15) is 71.7 Å². The highest BCUT2D eigenvalue weighted by atomic mass is 32.1. The van der Waals surface area contributed by atoms with Crippen molar-refractivity contribution in [2.75, 3.05) is 4.90 Å². The summed E-state index contributed by atoms with van der Waals surface area (Å²) in [5, 5.41) is 15.5. The molecule has 2 bridgehead atoms. The summed E-state index contributed by atoms with van der Waals surface area (Å²) in [6.45, 7) is 0.0864. The average Bonchev–Trinajstić information content (AvgIpc) is 3.47. The van der Waals surface area contributed by atoms with E-state index in [0.29, 0.717) is 35.4 Å². The monoisotopic (exact) mass is 679 g/mol. The highest BCUT2D eigenvalue weighted by Gasteiger charge is 2.44. The van der Waals surface area contributed by atoms with Gasteiger partial charge in [-0.15, -0.1) is 24.5 Å². The van der Waals surface area contributed by atoms with E-state index in [1.165, 1.54) is 29.5 Å². The molecule has 15 heteroatoms. The van der Waals surface area contributed by atoms with Gasteiger partial charge in [0.2, 0.25) is 0 Å². The summed E-state index contributed by atoms with van der Waals surface area (Å²) in [6, 6.07) is 8.73. The lowest BCUT2D eigenvalue weighted by atomic mass is 9.99. The zero-order chi connectivity index (χ0) is 33.1. The number of aromatic carboxylic acids is 1. The van der Waals surface area contributed by atoms with E-state index in [-0.39, 0.29) is 59.0 Å². The Bertz CT molecular complexity index is 1790. The van der Waals surface area contributed by atoms with Crippen molar-refractivity contribution in [2.45, 2.75) is 81.8 Å². The fourth-order valence-electron chi connectivity index (χ4n) is 6.63. The molecule has 7 rings (SSSR count). The Balaban J connectivity index is 1.08. The Morgan fingerprint density at radius 3 is 2.38 bits per heavy atom. The molecule has 1 aliphatic carbocycles. The lowest BCUT2D eigenvalue weighted by Crippen LogP contribution is -2.45. The van der Waals surface area contributed by atoms with Crippen LogP contribution in [0.2, 0.25) is 0 Å². The average molecular weight is 680 g/mol. The summed E-state index contributed by atoms with van der Waals surface area (Å²) in [6.07, 6.45) is -5.13. The highest BCUT2D eigenvalue weighted by molar-refractivity contribution is 7.14. The number of carboxylic acids is 1. The summed E-state index contributed by atoms with van der Waals surface area (Å²) >= 11 is 1.24. The van der Waals surface area contributed by atoms with E-state index < -0.39 is 29.6 Å². The maximum Gasteiger partial charge on any atom is 0.573 e. The lowest BCUT2D eigenvalue weighted by Gasteiger charge is -2.38. The number of hydrogen-bond donors (Lipinski definition) is 1. The fraction of sp³-hybridized carbons (Fsp3) is 0.406. The fourth-order valence-corrected chi connectivity index (χ4v) is 7.60. The van der Waals surface area contributed by atoms with E-state index in [2.05, 4.69) is 19.8 Å². The first-order valence-corrected chi connectivity index (χ1v) is 15.9. The second-order valence-electron chi connectivity index (χ2n) is 12.0. The van der Waals surface area contributed by atoms with Gasteiger partial charge in [0.05, 0.1) is 29.5 Å². The van der Waals surface area contributed by atoms with Crippen LogP contribution >= 0.6 is 11.3 Å².